The molecule has 0 aliphatic heterocycles. The van der Waals surface area contributed by atoms with Crippen LogP contribution < -0.4 is 0 Å². The summed E-state index contributed by atoms with van der Waals surface area (Å²) in [5.74, 6) is -0.767. The van der Waals surface area contributed by atoms with Crippen LogP contribution in [0.25, 0.3) is 6.08 Å². The molecule has 0 aromatic heterocycles. The quantitative estimate of drug-likeness (QED) is 0.450. The molecule has 4 heteroatoms. The van der Waals surface area contributed by atoms with Crippen LogP contribution in [0.5, 0.6) is 0 Å². The van der Waals surface area contributed by atoms with Gasteiger partial charge in [-0.1, -0.05) is 0 Å². The Kier molecular flexibility index (Phi) is 4.37. The zero-order valence-corrected chi connectivity index (χ0v) is 9.31. The summed E-state index contributed by atoms with van der Waals surface area (Å²) in [4.78, 5) is 11.6. The van der Waals surface area contributed by atoms with Crippen LogP contribution in [0.3, 0.4) is 0 Å². The summed E-state index contributed by atoms with van der Waals surface area (Å²) in [7, 11) is 1.30. The van der Waals surface area contributed by atoms with Crippen molar-refractivity contribution in [2.75, 3.05) is 13.4 Å². The molecule has 0 aliphatic rings. The number of benzene rings is 1. The Morgan fingerprint density at radius 2 is 2.20 bits per heavy atom. The molecule has 0 unspecified atom stereocenters. The van der Waals surface area contributed by atoms with Crippen LogP contribution in [0.2, 0.25) is 0 Å². The van der Waals surface area contributed by atoms with Gasteiger partial charge in [0.25, 0.3) is 0 Å². The molecule has 1 aromatic rings. The summed E-state index contributed by atoms with van der Waals surface area (Å²) < 4.78 is 17.5. The molecule has 0 saturated heterocycles. The van der Waals surface area contributed by atoms with Gasteiger partial charge in [0.1, 0.15) is 5.82 Å². The highest BCUT2D eigenvalue weighted by molar-refractivity contribution is 7.98. The number of hydrogen-bond donors (Lipinski definition) is 0. The largest absolute Gasteiger partial charge is 0.466 e. The van der Waals surface area contributed by atoms with Crippen molar-refractivity contribution < 1.29 is 13.9 Å². The summed E-state index contributed by atoms with van der Waals surface area (Å²) in [6.07, 6.45) is 4.65. The first-order valence-electron chi connectivity index (χ1n) is 4.26. The van der Waals surface area contributed by atoms with Gasteiger partial charge in [0.2, 0.25) is 0 Å². The highest BCUT2D eigenvalue weighted by Gasteiger charge is 1.98. The van der Waals surface area contributed by atoms with Gasteiger partial charge >= 0.3 is 5.97 Å². The molecule has 0 bridgehead atoms. The van der Waals surface area contributed by atoms with E-state index in [1.807, 2.05) is 6.26 Å². The lowest BCUT2D eigenvalue weighted by molar-refractivity contribution is -0.134. The monoisotopic (exact) mass is 226 g/mol. The van der Waals surface area contributed by atoms with Crippen molar-refractivity contribution in [2.45, 2.75) is 4.90 Å². The van der Waals surface area contributed by atoms with Crippen LogP contribution in [0, 0.1) is 5.82 Å². The minimum atomic E-state index is -0.454. The fourth-order valence-electron chi connectivity index (χ4n) is 1.03. The van der Waals surface area contributed by atoms with E-state index in [0.29, 0.717) is 5.56 Å². The zero-order valence-electron chi connectivity index (χ0n) is 8.49. The van der Waals surface area contributed by atoms with Crippen molar-refractivity contribution in [3.05, 3.63) is 35.7 Å². The van der Waals surface area contributed by atoms with Crippen molar-refractivity contribution in [3.8, 4) is 0 Å². The van der Waals surface area contributed by atoms with Gasteiger partial charge in [-0.05, 0) is 36.1 Å². The van der Waals surface area contributed by atoms with E-state index in [2.05, 4.69) is 4.74 Å². The summed E-state index contributed by atoms with van der Waals surface area (Å²) >= 11 is 1.45. The predicted molar refractivity (Wildman–Crippen MR) is 59.2 cm³/mol. The van der Waals surface area contributed by atoms with Crippen LogP contribution in [-0.4, -0.2) is 19.3 Å². The Bertz CT molecular complexity index is 388. The minimum absolute atomic E-state index is 0.314. The second-order valence-corrected chi connectivity index (χ2v) is 3.66. The topological polar surface area (TPSA) is 26.3 Å². The first-order chi connectivity index (χ1) is 7.15. The van der Waals surface area contributed by atoms with E-state index in [-0.39, 0.29) is 5.82 Å². The fraction of sp³-hybridized carbons (Fsp3) is 0.182. The van der Waals surface area contributed by atoms with Crippen molar-refractivity contribution in [1.29, 1.82) is 0 Å². The molecule has 1 aromatic carbocycles. The molecule has 2 nitrogen and oxygen atoms in total. The van der Waals surface area contributed by atoms with Crippen molar-refractivity contribution in [3.63, 3.8) is 0 Å². The zero-order chi connectivity index (χ0) is 11.3. The third-order valence-electron chi connectivity index (χ3n) is 1.74. The predicted octanol–water partition coefficient (Wildman–Crippen LogP) is 2.73. The number of carbonyl (C=O) groups is 1. The number of ether oxygens (including phenoxy) is 1. The summed E-state index contributed by atoms with van der Waals surface area (Å²) in [5.41, 5.74) is 0.643. The maximum absolute atomic E-state index is 13.1. The van der Waals surface area contributed by atoms with Gasteiger partial charge < -0.3 is 4.74 Å². The van der Waals surface area contributed by atoms with Gasteiger partial charge in [-0.15, -0.1) is 11.8 Å². The van der Waals surface area contributed by atoms with Crippen LogP contribution in [0.4, 0.5) is 4.39 Å². The first-order valence-corrected chi connectivity index (χ1v) is 5.49. The van der Waals surface area contributed by atoms with Crippen LogP contribution in [0.15, 0.2) is 29.2 Å². The number of rotatable bonds is 3. The number of thioether (sulfide) groups is 1. The van der Waals surface area contributed by atoms with Gasteiger partial charge in [-0.2, -0.15) is 0 Å². The summed E-state index contributed by atoms with van der Waals surface area (Å²) in [5, 5.41) is 0. The normalized spacial score (nSPS) is 10.6. The molecule has 15 heavy (non-hydrogen) atoms. The molecule has 0 atom stereocenters. The first kappa shape index (κ1) is 11.8. The van der Waals surface area contributed by atoms with Gasteiger partial charge in [0, 0.05) is 11.0 Å². The van der Waals surface area contributed by atoms with Gasteiger partial charge in [0.15, 0.2) is 0 Å². The molecule has 0 radical (unpaired) electrons. The molecule has 0 fully saturated rings. The van der Waals surface area contributed by atoms with E-state index in [0.717, 1.165) is 4.90 Å². The third kappa shape index (κ3) is 3.75. The minimum Gasteiger partial charge on any atom is -0.466 e. The number of halogens is 1. The Morgan fingerprint density at radius 1 is 1.47 bits per heavy atom. The number of carbonyl (C=O) groups excluding carboxylic acids is 1. The summed E-state index contributed by atoms with van der Waals surface area (Å²) in [6.45, 7) is 0. The van der Waals surface area contributed by atoms with Crippen molar-refractivity contribution >= 4 is 23.8 Å². The molecular weight excluding hydrogens is 215 g/mol. The number of esters is 1. The maximum Gasteiger partial charge on any atom is 0.330 e. The Morgan fingerprint density at radius 3 is 2.80 bits per heavy atom. The van der Waals surface area contributed by atoms with Gasteiger partial charge in [0.05, 0.1) is 7.11 Å². The Balaban J connectivity index is 2.90. The van der Waals surface area contributed by atoms with Gasteiger partial charge in [-0.25, -0.2) is 9.18 Å². The number of methoxy groups -OCH3 is 1. The summed E-state index contributed by atoms with van der Waals surface area (Å²) in [6, 6.07) is 4.60. The van der Waals surface area contributed by atoms with Crippen LogP contribution in [0.1, 0.15) is 5.56 Å². The average Bonchev–Trinajstić information content (AvgIpc) is 2.25. The van der Waals surface area contributed by atoms with E-state index < -0.39 is 5.97 Å². The Labute approximate surface area is 92.1 Å². The molecular formula is C11H11FO2S. The highest BCUT2D eigenvalue weighted by atomic mass is 32.2. The molecule has 0 amide bonds. The molecule has 0 saturated carbocycles. The van der Waals surface area contributed by atoms with E-state index in [9.17, 15) is 9.18 Å². The fourth-order valence-corrected chi connectivity index (χ4v) is 1.52. The number of hydrogen-bond acceptors (Lipinski definition) is 3. The lowest BCUT2D eigenvalue weighted by Crippen LogP contribution is -1.93. The molecule has 0 N–H and O–H groups in total. The van der Waals surface area contributed by atoms with Crippen LogP contribution in [-0.2, 0) is 9.53 Å². The molecule has 0 heterocycles. The standard InChI is InChI=1S/C11H11FO2S/c1-14-11(13)4-3-8-5-9(12)7-10(6-8)15-2/h3-7H,1-2H3. The second-order valence-electron chi connectivity index (χ2n) is 2.78. The lowest BCUT2D eigenvalue weighted by Gasteiger charge is -1.99. The van der Waals surface area contributed by atoms with Gasteiger partial charge in [-0.3, -0.25) is 0 Å². The third-order valence-corrected chi connectivity index (χ3v) is 2.45. The lowest BCUT2D eigenvalue weighted by atomic mass is 10.2. The van der Waals surface area contributed by atoms with Crippen molar-refractivity contribution in [1.82, 2.24) is 0 Å². The maximum atomic E-state index is 13.1. The van der Waals surface area contributed by atoms with E-state index in [4.69, 9.17) is 0 Å². The smallest absolute Gasteiger partial charge is 0.330 e. The SMILES string of the molecule is COC(=O)C=Cc1cc(F)cc(SC)c1. The molecule has 80 valence electrons. The van der Waals surface area contributed by atoms with Crippen molar-refractivity contribution in [2.24, 2.45) is 0 Å². The van der Waals surface area contributed by atoms with Crippen LogP contribution >= 0.6 is 11.8 Å². The average molecular weight is 226 g/mol. The van der Waals surface area contributed by atoms with E-state index >= 15 is 0 Å². The van der Waals surface area contributed by atoms with E-state index in [1.165, 1.54) is 43.2 Å². The Hall–Kier alpha value is -1.29. The molecule has 0 spiro atoms. The van der Waals surface area contributed by atoms with E-state index in [1.54, 1.807) is 6.07 Å². The molecule has 0 aliphatic carbocycles. The second kappa shape index (κ2) is 5.56. The molecule has 1 rings (SSSR count). The highest BCUT2D eigenvalue weighted by Crippen LogP contribution is 2.19.